The van der Waals surface area contributed by atoms with Crippen LogP contribution in [-0.4, -0.2) is 47.8 Å². The van der Waals surface area contributed by atoms with Gasteiger partial charge in [0.1, 0.15) is 11.4 Å². The zero-order valence-electron chi connectivity index (χ0n) is 19.8. The predicted octanol–water partition coefficient (Wildman–Crippen LogP) is 3.18. The Morgan fingerprint density at radius 2 is 1.82 bits per heavy atom. The van der Waals surface area contributed by atoms with Gasteiger partial charge in [-0.3, -0.25) is 14.4 Å². The van der Waals surface area contributed by atoms with E-state index in [1.54, 1.807) is 30.9 Å². The highest BCUT2D eigenvalue weighted by Gasteiger charge is 2.48. The van der Waals surface area contributed by atoms with Crippen LogP contribution in [0, 0.1) is 11.2 Å². The number of hydrogen-bond acceptors (Lipinski definition) is 3. The van der Waals surface area contributed by atoms with Gasteiger partial charge in [0.2, 0.25) is 17.7 Å². The lowest BCUT2D eigenvalue weighted by atomic mass is 9.62. The van der Waals surface area contributed by atoms with Crippen LogP contribution >= 0.6 is 0 Å². The molecule has 0 aliphatic carbocycles. The number of carbonyl (C=O) groups excluding carboxylic acids is 3. The molecule has 2 aromatic carbocycles. The molecule has 0 saturated carbocycles. The third-order valence-electron chi connectivity index (χ3n) is 7.25. The van der Waals surface area contributed by atoms with Crippen molar-refractivity contribution in [3.05, 3.63) is 71.5 Å². The molecule has 6 nitrogen and oxygen atoms in total. The van der Waals surface area contributed by atoms with Crippen molar-refractivity contribution in [1.82, 2.24) is 15.5 Å². The summed E-state index contributed by atoms with van der Waals surface area (Å²) in [5.74, 6) is -0.623. The summed E-state index contributed by atoms with van der Waals surface area (Å²) in [6.07, 6.45) is 1.89. The molecule has 2 heterocycles. The van der Waals surface area contributed by atoms with Gasteiger partial charge in [0.25, 0.3) is 0 Å². The molecule has 2 fully saturated rings. The van der Waals surface area contributed by atoms with Crippen LogP contribution < -0.4 is 10.6 Å². The quantitative estimate of drug-likeness (QED) is 0.712. The number of benzene rings is 2. The van der Waals surface area contributed by atoms with Gasteiger partial charge in [-0.15, -0.1) is 0 Å². The molecular weight excluding hydrogens is 433 g/mol. The molecule has 2 aliphatic heterocycles. The van der Waals surface area contributed by atoms with Gasteiger partial charge in [-0.05, 0) is 55.4 Å². The number of likely N-dealkylation sites (tertiary alicyclic amines) is 1. The number of nitrogens with one attached hydrogen (secondary N) is 2. The standard InChI is InChI=1S/C27H32FN3O3/c1-26(2,30-23(32)15-19-7-4-3-5-8-19)25(34)31-13-11-27(12-14-31)17-24(33)29-18-22(27)20-9-6-10-21(28)16-20/h3-10,16,22H,11-15,17-18H2,1-2H3,(H,29,33)(H,30,32)/t22-/m1/s1. The average molecular weight is 466 g/mol. The van der Waals surface area contributed by atoms with E-state index in [-0.39, 0.29) is 41.3 Å². The second-order valence-corrected chi connectivity index (χ2v) is 10.1. The first kappa shape index (κ1) is 23.9. The van der Waals surface area contributed by atoms with E-state index in [4.69, 9.17) is 0 Å². The van der Waals surface area contributed by atoms with Gasteiger partial charge in [-0.2, -0.15) is 0 Å². The van der Waals surface area contributed by atoms with E-state index < -0.39 is 5.54 Å². The number of nitrogens with zero attached hydrogens (tertiary/aromatic N) is 1. The van der Waals surface area contributed by atoms with Gasteiger partial charge in [0.15, 0.2) is 0 Å². The van der Waals surface area contributed by atoms with Crippen molar-refractivity contribution in [3.63, 3.8) is 0 Å². The molecule has 0 radical (unpaired) electrons. The van der Waals surface area contributed by atoms with Crippen LogP contribution in [0.3, 0.4) is 0 Å². The van der Waals surface area contributed by atoms with Crippen molar-refractivity contribution in [2.45, 2.75) is 51.0 Å². The van der Waals surface area contributed by atoms with Crippen LogP contribution in [0.25, 0.3) is 0 Å². The van der Waals surface area contributed by atoms with Crippen molar-refractivity contribution in [2.75, 3.05) is 19.6 Å². The van der Waals surface area contributed by atoms with Crippen LogP contribution in [0.2, 0.25) is 0 Å². The van der Waals surface area contributed by atoms with Crippen LogP contribution in [0.4, 0.5) is 4.39 Å². The molecule has 3 amide bonds. The molecule has 34 heavy (non-hydrogen) atoms. The maximum absolute atomic E-state index is 13.9. The number of rotatable bonds is 5. The predicted molar refractivity (Wildman–Crippen MR) is 127 cm³/mol. The summed E-state index contributed by atoms with van der Waals surface area (Å²) >= 11 is 0. The van der Waals surface area contributed by atoms with Crippen LogP contribution in [0.15, 0.2) is 54.6 Å². The van der Waals surface area contributed by atoms with Crippen molar-refractivity contribution in [2.24, 2.45) is 5.41 Å². The van der Waals surface area contributed by atoms with E-state index in [2.05, 4.69) is 10.6 Å². The Balaban J connectivity index is 1.42. The molecule has 2 aliphatic rings. The molecule has 180 valence electrons. The molecule has 2 N–H and O–H groups in total. The second-order valence-electron chi connectivity index (χ2n) is 10.1. The van der Waals surface area contributed by atoms with Gasteiger partial charge < -0.3 is 15.5 Å². The summed E-state index contributed by atoms with van der Waals surface area (Å²) in [6.45, 7) is 4.92. The maximum atomic E-state index is 13.9. The van der Waals surface area contributed by atoms with Gasteiger partial charge in [0.05, 0.1) is 6.42 Å². The Hall–Kier alpha value is -3.22. The summed E-state index contributed by atoms with van der Waals surface area (Å²) in [5, 5.41) is 5.82. The molecule has 1 spiro atoms. The Labute approximate surface area is 199 Å². The van der Waals surface area contributed by atoms with Gasteiger partial charge in [0, 0.05) is 32.0 Å². The second kappa shape index (κ2) is 9.57. The normalized spacial score (nSPS) is 20.0. The third-order valence-corrected chi connectivity index (χ3v) is 7.25. The fraction of sp³-hybridized carbons (Fsp3) is 0.444. The van der Waals surface area contributed by atoms with E-state index >= 15 is 0 Å². The Morgan fingerprint density at radius 3 is 2.50 bits per heavy atom. The smallest absolute Gasteiger partial charge is 0.247 e. The lowest BCUT2D eigenvalue weighted by Crippen LogP contribution is -2.59. The summed E-state index contributed by atoms with van der Waals surface area (Å²) in [5.41, 5.74) is 0.422. The topological polar surface area (TPSA) is 78.5 Å². The lowest BCUT2D eigenvalue weighted by molar-refractivity contribution is -0.143. The van der Waals surface area contributed by atoms with E-state index in [1.807, 2.05) is 36.4 Å². The third kappa shape index (κ3) is 5.13. The minimum absolute atomic E-state index is 0.000866. The van der Waals surface area contributed by atoms with E-state index in [9.17, 15) is 18.8 Å². The molecule has 1 atom stereocenters. The fourth-order valence-corrected chi connectivity index (χ4v) is 5.44. The summed E-state index contributed by atoms with van der Waals surface area (Å²) in [4.78, 5) is 40.0. The van der Waals surface area contributed by atoms with Crippen molar-refractivity contribution in [1.29, 1.82) is 0 Å². The van der Waals surface area contributed by atoms with E-state index in [0.29, 0.717) is 38.9 Å². The fourth-order valence-electron chi connectivity index (χ4n) is 5.44. The van der Waals surface area contributed by atoms with Crippen LogP contribution in [0.5, 0.6) is 0 Å². The summed E-state index contributed by atoms with van der Waals surface area (Å²) in [7, 11) is 0. The van der Waals surface area contributed by atoms with Crippen molar-refractivity contribution >= 4 is 17.7 Å². The maximum Gasteiger partial charge on any atom is 0.247 e. The van der Waals surface area contributed by atoms with Gasteiger partial charge in [-0.1, -0.05) is 42.5 Å². The molecule has 0 bridgehead atoms. The van der Waals surface area contributed by atoms with Crippen LogP contribution in [-0.2, 0) is 20.8 Å². The zero-order valence-corrected chi connectivity index (χ0v) is 19.8. The Bertz CT molecular complexity index is 1060. The number of amides is 3. The highest BCUT2D eigenvalue weighted by Crippen LogP contribution is 2.49. The molecule has 0 aromatic heterocycles. The first-order valence-electron chi connectivity index (χ1n) is 11.8. The Morgan fingerprint density at radius 1 is 1.12 bits per heavy atom. The van der Waals surface area contributed by atoms with Crippen molar-refractivity contribution in [3.8, 4) is 0 Å². The first-order valence-corrected chi connectivity index (χ1v) is 11.8. The van der Waals surface area contributed by atoms with Crippen LogP contribution in [0.1, 0.15) is 50.2 Å². The highest BCUT2D eigenvalue weighted by atomic mass is 19.1. The Kier molecular flexibility index (Phi) is 6.73. The summed E-state index contributed by atoms with van der Waals surface area (Å²) < 4.78 is 13.9. The van der Waals surface area contributed by atoms with E-state index in [1.165, 1.54) is 6.07 Å². The zero-order chi connectivity index (χ0) is 24.3. The molecular formula is C27H32FN3O3. The van der Waals surface area contributed by atoms with Gasteiger partial charge in [-0.25, -0.2) is 4.39 Å². The highest BCUT2D eigenvalue weighted by molar-refractivity contribution is 5.91. The molecule has 2 aromatic rings. The first-order chi connectivity index (χ1) is 16.2. The number of carbonyl (C=O) groups is 3. The minimum atomic E-state index is -1.04. The molecule has 4 rings (SSSR count). The minimum Gasteiger partial charge on any atom is -0.355 e. The average Bonchev–Trinajstić information content (AvgIpc) is 2.79. The van der Waals surface area contributed by atoms with Gasteiger partial charge >= 0.3 is 0 Å². The lowest BCUT2D eigenvalue weighted by Gasteiger charge is -2.49. The van der Waals surface area contributed by atoms with E-state index in [0.717, 1.165) is 11.1 Å². The number of halogens is 1. The molecule has 2 saturated heterocycles. The molecule has 7 heteroatoms. The number of piperidine rings is 2. The SMILES string of the molecule is CC(C)(NC(=O)Cc1ccccc1)C(=O)N1CCC2(CC1)CC(=O)NC[C@@H]2c1cccc(F)c1. The largest absolute Gasteiger partial charge is 0.355 e. The van der Waals surface area contributed by atoms with Crippen molar-refractivity contribution < 1.29 is 18.8 Å². The monoisotopic (exact) mass is 465 g/mol. The summed E-state index contributed by atoms with van der Waals surface area (Å²) in [6, 6.07) is 16.0. The number of hydrogen-bond donors (Lipinski definition) is 2. The molecule has 0 unspecified atom stereocenters.